The predicted octanol–water partition coefficient (Wildman–Crippen LogP) is 13.6. The zero-order chi connectivity index (χ0) is 41.4. The van der Waals surface area contributed by atoms with Gasteiger partial charge in [0.25, 0.3) is 0 Å². The second-order valence-corrected chi connectivity index (χ2v) is 19.5. The van der Waals surface area contributed by atoms with Gasteiger partial charge in [-0.15, -0.1) is 0 Å². The van der Waals surface area contributed by atoms with E-state index in [1.807, 2.05) is 34.6 Å². The summed E-state index contributed by atoms with van der Waals surface area (Å²) in [6, 6.07) is 0. The number of carbonyl (C=O) groups is 3. The van der Waals surface area contributed by atoms with Crippen LogP contribution in [0.5, 0.6) is 0 Å². The van der Waals surface area contributed by atoms with E-state index in [2.05, 4.69) is 76.2 Å². The third kappa shape index (κ3) is 16.5. The van der Waals surface area contributed by atoms with Crippen LogP contribution in [0.15, 0.2) is 0 Å². The second kappa shape index (κ2) is 23.6. The van der Waals surface area contributed by atoms with Crippen LogP contribution < -0.4 is 0 Å². The van der Waals surface area contributed by atoms with Crippen LogP contribution in [0.4, 0.5) is 0 Å². The van der Waals surface area contributed by atoms with Gasteiger partial charge in [0, 0.05) is 6.42 Å². The molecule has 3 saturated carbocycles. The molecule has 0 amide bonds. The van der Waals surface area contributed by atoms with Gasteiger partial charge in [-0.2, -0.15) is 0 Å². The number of carbonyl (C=O) groups excluding carboxylic acids is 3. The molecule has 54 heavy (non-hydrogen) atoms. The van der Waals surface area contributed by atoms with Gasteiger partial charge in [-0.3, -0.25) is 14.4 Å². The number of rotatable bonds is 16. The van der Waals surface area contributed by atoms with Crippen molar-refractivity contribution in [2.24, 2.45) is 59.2 Å². The van der Waals surface area contributed by atoms with Crippen LogP contribution in [-0.4, -0.2) is 34.7 Å². The molecular formula is C48H90O6. The van der Waals surface area contributed by atoms with Gasteiger partial charge >= 0.3 is 17.9 Å². The first-order valence-electron chi connectivity index (χ1n) is 22.9. The second-order valence-electron chi connectivity index (χ2n) is 19.5. The summed E-state index contributed by atoms with van der Waals surface area (Å²) in [5.41, 5.74) is -0.933. The van der Waals surface area contributed by atoms with Gasteiger partial charge < -0.3 is 14.2 Å². The number of esters is 3. The summed E-state index contributed by atoms with van der Waals surface area (Å²) in [6.07, 6.45) is 17.7. The fraction of sp³-hybridized carbons (Fsp3) is 0.938. The topological polar surface area (TPSA) is 78.9 Å². The Morgan fingerprint density at radius 2 is 1.00 bits per heavy atom. The number of hydrogen-bond acceptors (Lipinski definition) is 6. The third-order valence-corrected chi connectivity index (χ3v) is 14.1. The fourth-order valence-corrected chi connectivity index (χ4v) is 9.34. The van der Waals surface area contributed by atoms with E-state index in [4.69, 9.17) is 14.2 Å². The molecule has 6 heteroatoms. The number of hydrogen-bond donors (Lipinski definition) is 0. The molecule has 3 aliphatic rings. The zero-order valence-electron chi connectivity index (χ0n) is 38.5. The first kappa shape index (κ1) is 50.4. The van der Waals surface area contributed by atoms with Crippen LogP contribution >= 0.6 is 0 Å². The van der Waals surface area contributed by atoms with Gasteiger partial charge in [0.05, 0.1) is 11.8 Å². The predicted molar refractivity (Wildman–Crippen MR) is 226 cm³/mol. The molecule has 0 heterocycles. The van der Waals surface area contributed by atoms with Crippen molar-refractivity contribution in [1.82, 2.24) is 0 Å². The van der Waals surface area contributed by atoms with E-state index >= 15 is 0 Å². The van der Waals surface area contributed by atoms with Crippen molar-refractivity contribution in [3.63, 3.8) is 0 Å². The lowest BCUT2D eigenvalue weighted by Crippen LogP contribution is -2.35. The van der Waals surface area contributed by atoms with Gasteiger partial charge in [-0.1, -0.05) is 108 Å². The minimum atomic E-state index is -0.348. The Bertz CT molecular complexity index is 1090. The molecule has 0 aromatic heterocycles. The molecule has 318 valence electrons. The Labute approximate surface area is 335 Å². The highest BCUT2D eigenvalue weighted by Gasteiger charge is 2.41. The minimum Gasteiger partial charge on any atom is -0.460 e. The first-order chi connectivity index (χ1) is 25.2. The van der Waals surface area contributed by atoms with Crippen LogP contribution in [0, 0.1) is 59.2 Å². The minimum absolute atomic E-state index is 0.00190. The van der Waals surface area contributed by atoms with E-state index in [1.54, 1.807) is 0 Å². The average molecular weight is 763 g/mol. The molecule has 0 N–H and O–H groups in total. The molecule has 0 spiro atoms. The summed E-state index contributed by atoms with van der Waals surface area (Å²) < 4.78 is 16.9. The van der Waals surface area contributed by atoms with E-state index in [1.165, 1.54) is 64.2 Å². The van der Waals surface area contributed by atoms with E-state index in [9.17, 15) is 14.4 Å². The Hall–Kier alpha value is -1.59. The van der Waals surface area contributed by atoms with Gasteiger partial charge in [0.2, 0.25) is 0 Å². The summed E-state index contributed by atoms with van der Waals surface area (Å²) in [5, 5.41) is 0. The van der Waals surface area contributed by atoms with Crippen LogP contribution in [0.2, 0.25) is 0 Å². The molecule has 0 saturated heterocycles. The SMILES string of the molecule is CCC1CC(CC)C(C(=O)OC(C)(C)C)C1.CCC1CC(CC)C(C(C)C(=O)OC(C)(CC)CC)C1.CCC1CC(CC)C(CC(=O)OC(C)(C)CC)C1. The Balaban J connectivity index is 0.000000408. The lowest BCUT2D eigenvalue weighted by molar-refractivity contribution is -0.166. The smallest absolute Gasteiger partial charge is 0.309 e. The van der Waals surface area contributed by atoms with Crippen molar-refractivity contribution in [2.75, 3.05) is 0 Å². The highest BCUT2D eigenvalue weighted by atomic mass is 16.6. The fourth-order valence-electron chi connectivity index (χ4n) is 9.34. The third-order valence-electron chi connectivity index (χ3n) is 14.1. The van der Waals surface area contributed by atoms with Crippen molar-refractivity contribution in [1.29, 1.82) is 0 Å². The van der Waals surface area contributed by atoms with Crippen molar-refractivity contribution < 1.29 is 28.6 Å². The van der Waals surface area contributed by atoms with Crippen molar-refractivity contribution in [3.8, 4) is 0 Å². The van der Waals surface area contributed by atoms with Crippen LogP contribution in [0.1, 0.15) is 214 Å². The standard InChI is InChI=1S/C18H34O2.C16H30O2.C14H26O2/c1-7-14-11-15(8-2)16(12-14)13(5)17(19)20-18(6,9-3)10-4;1-6-12-9-13(7-2)14(10-12)11-15(17)18-16(4,5)8-3;1-6-10-8-11(7-2)12(9-10)13(15)16-14(3,4)5/h13-16H,7-12H2,1-6H3;12-14H,6-11H2,1-5H3;10-12H,6-9H2,1-5H3. The molecule has 0 aromatic carbocycles. The van der Waals surface area contributed by atoms with Crippen molar-refractivity contribution in [3.05, 3.63) is 0 Å². The summed E-state index contributed by atoms with van der Waals surface area (Å²) in [4.78, 5) is 36.6. The van der Waals surface area contributed by atoms with E-state index in [0.717, 1.165) is 55.8 Å². The highest BCUT2D eigenvalue weighted by molar-refractivity contribution is 5.74. The molecule has 10 atom stereocenters. The summed E-state index contributed by atoms with van der Waals surface area (Å²) in [5.74, 6) is 5.66. The van der Waals surface area contributed by atoms with E-state index in [0.29, 0.717) is 30.1 Å². The maximum absolute atomic E-state index is 12.5. The maximum atomic E-state index is 12.5. The van der Waals surface area contributed by atoms with Gasteiger partial charge in [-0.25, -0.2) is 0 Å². The van der Waals surface area contributed by atoms with Crippen molar-refractivity contribution in [2.45, 2.75) is 230 Å². The van der Waals surface area contributed by atoms with Crippen molar-refractivity contribution >= 4 is 17.9 Å². The molecule has 0 aromatic rings. The lowest BCUT2D eigenvalue weighted by Gasteiger charge is -2.31. The molecule has 6 nitrogen and oxygen atoms in total. The zero-order valence-corrected chi connectivity index (χ0v) is 38.5. The van der Waals surface area contributed by atoms with E-state index in [-0.39, 0.29) is 46.5 Å². The van der Waals surface area contributed by atoms with Crippen LogP contribution in [0.25, 0.3) is 0 Å². The van der Waals surface area contributed by atoms with Crippen LogP contribution in [-0.2, 0) is 28.6 Å². The van der Waals surface area contributed by atoms with E-state index < -0.39 is 0 Å². The van der Waals surface area contributed by atoms with Gasteiger partial charge in [0.15, 0.2) is 0 Å². The number of ether oxygens (including phenoxy) is 3. The molecule has 3 rings (SSSR count). The average Bonchev–Trinajstić information content (AvgIpc) is 3.87. The summed E-state index contributed by atoms with van der Waals surface area (Å²) >= 11 is 0. The molecule has 3 fully saturated rings. The van der Waals surface area contributed by atoms with Gasteiger partial charge in [-0.05, 0) is 147 Å². The maximum Gasteiger partial charge on any atom is 0.309 e. The van der Waals surface area contributed by atoms with Gasteiger partial charge in [0.1, 0.15) is 16.8 Å². The Morgan fingerprint density at radius 1 is 0.537 bits per heavy atom. The quantitative estimate of drug-likeness (QED) is 0.115. The molecular weight excluding hydrogens is 673 g/mol. The first-order valence-corrected chi connectivity index (χ1v) is 22.9. The highest BCUT2D eigenvalue weighted by Crippen LogP contribution is 2.45. The largest absolute Gasteiger partial charge is 0.460 e. The molecule has 0 aliphatic heterocycles. The molecule has 10 unspecified atom stereocenters. The Kier molecular flexibility index (Phi) is 22.0. The summed E-state index contributed by atoms with van der Waals surface area (Å²) in [7, 11) is 0. The Morgan fingerprint density at radius 3 is 1.46 bits per heavy atom. The van der Waals surface area contributed by atoms with Crippen LogP contribution in [0.3, 0.4) is 0 Å². The lowest BCUT2D eigenvalue weighted by atomic mass is 9.83. The normalized spacial score (nSPS) is 29.0. The monoisotopic (exact) mass is 763 g/mol. The summed E-state index contributed by atoms with van der Waals surface area (Å²) in [6.45, 7) is 33.6. The molecule has 0 bridgehead atoms. The molecule has 3 aliphatic carbocycles. The molecule has 0 radical (unpaired) electrons.